The number of nitro groups is 1. The summed E-state index contributed by atoms with van der Waals surface area (Å²) in [6.07, 6.45) is 4.80. The van der Waals surface area contributed by atoms with Crippen LogP contribution in [0, 0.1) is 10.1 Å². The normalized spacial score (nSPS) is 9.68. The minimum atomic E-state index is -0.380. The summed E-state index contributed by atoms with van der Waals surface area (Å²) in [6, 6.07) is 10.8. The Morgan fingerprint density at radius 3 is 2.32 bits per heavy atom. The van der Waals surface area contributed by atoms with E-state index in [0.717, 1.165) is 17.1 Å². The van der Waals surface area contributed by atoms with E-state index >= 15 is 0 Å². The van der Waals surface area contributed by atoms with Crippen LogP contribution in [0.2, 0.25) is 0 Å². The fraction of sp³-hybridized carbons (Fsp3) is 0.154. The van der Waals surface area contributed by atoms with Gasteiger partial charge in [-0.05, 0) is 24.1 Å². The predicted octanol–water partition coefficient (Wildman–Crippen LogP) is -0.252. The maximum Gasteiger partial charge on any atom is 0.269 e. The second-order valence-corrected chi connectivity index (χ2v) is 4.93. The van der Waals surface area contributed by atoms with E-state index in [0.29, 0.717) is 0 Å². The van der Waals surface area contributed by atoms with E-state index in [9.17, 15) is 10.1 Å². The lowest BCUT2D eigenvalue weighted by Gasteiger charge is -2.01. The lowest BCUT2D eigenvalue weighted by atomic mass is 10.2. The number of non-ortho nitro benzene ring substituents is 1. The summed E-state index contributed by atoms with van der Waals surface area (Å²) in [6.45, 7) is 0. The van der Waals surface area contributed by atoms with Gasteiger partial charge in [0.2, 0.25) is 0 Å². The molecule has 0 saturated heterocycles. The van der Waals surface area contributed by atoms with Gasteiger partial charge in [0.15, 0.2) is 12.4 Å². The maximum absolute atomic E-state index is 10.5. The molecule has 2 aromatic rings. The van der Waals surface area contributed by atoms with Gasteiger partial charge in [-0.15, -0.1) is 11.8 Å². The Hall–Kier alpha value is -1.59. The zero-order valence-electron chi connectivity index (χ0n) is 10.1. The molecule has 1 N–H and O–H groups in total. The van der Waals surface area contributed by atoms with Crippen LogP contribution in [-0.2, 0) is 6.42 Å². The fourth-order valence-corrected chi connectivity index (χ4v) is 2.44. The average Bonchev–Trinajstić information content (AvgIpc) is 2.40. The summed E-state index contributed by atoms with van der Waals surface area (Å²) in [5.74, 6) is 0.960. The third-order valence-electron chi connectivity index (χ3n) is 2.49. The summed E-state index contributed by atoms with van der Waals surface area (Å²) in [5, 5.41) is 10.5. The highest BCUT2D eigenvalue weighted by Crippen LogP contribution is 2.22. The van der Waals surface area contributed by atoms with Crippen LogP contribution < -0.4 is 17.4 Å². The Morgan fingerprint density at radius 1 is 1.11 bits per heavy atom. The number of nitro benzene ring substituents is 1. The minimum Gasteiger partial charge on any atom is -1.00 e. The summed E-state index contributed by atoms with van der Waals surface area (Å²) in [5.41, 5.74) is 1.42. The predicted molar refractivity (Wildman–Crippen MR) is 70.5 cm³/mol. The number of aromatic nitrogens is 1. The van der Waals surface area contributed by atoms with E-state index in [1.807, 2.05) is 12.4 Å². The molecule has 2 rings (SSSR count). The number of pyridine rings is 1. The standard InChI is InChI=1S/C13H12N2O2S.ClH/c16-15(17)12-1-3-13(4-2-12)18-10-7-11-5-8-14-9-6-11;/h1-6,8-9H,7,10H2;1H. The molecule has 1 aromatic heterocycles. The zero-order chi connectivity index (χ0) is 12.8. The van der Waals surface area contributed by atoms with Crippen LogP contribution in [0.15, 0.2) is 53.7 Å². The molecule has 0 aliphatic heterocycles. The molecular weight excluding hydrogens is 284 g/mol. The largest absolute Gasteiger partial charge is 1.00 e. The molecule has 1 heterocycles. The number of H-pyrrole nitrogens is 1. The third kappa shape index (κ3) is 4.89. The second-order valence-electron chi connectivity index (χ2n) is 3.76. The lowest BCUT2D eigenvalue weighted by molar-refractivity contribution is -0.384. The van der Waals surface area contributed by atoms with Crippen molar-refractivity contribution in [1.29, 1.82) is 0 Å². The second kappa shape index (κ2) is 7.76. The highest BCUT2D eigenvalue weighted by Gasteiger charge is 2.04. The number of thioether (sulfide) groups is 1. The molecule has 0 amide bonds. The number of aromatic amines is 1. The number of halogens is 1. The van der Waals surface area contributed by atoms with Gasteiger partial charge in [0.1, 0.15) is 0 Å². The van der Waals surface area contributed by atoms with Crippen molar-refractivity contribution in [2.45, 2.75) is 11.3 Å². The summed E-state index contributed by atoms with van der Waals surface area (Å²) in [4.78, 5) is 14.2. The molecule has 0 aliphatic rings. The van der Waals surface area contributed by atoms with Crippen LogP contribution in [-0.4, -0.2) is 10.7 Å². The van der Waals surface area contributed by atoms with Crippen molar-refractivity contribution >= 4 is 17.4 Å². The number of hydrogen-bond donors (Lipinski definition) is 0. The zero-order valence-corrected chi connectivity index (χ0v) is 11.7. The molecule has 0 aliphatic carbocycles. The molecular formula is C13H13ClN2O2S. The monoisotopic (exact) mass is 296 g/mol. The van der Waals surface area contributed by atoms with E-state index in [1.165, 1.54) is 5.56 Å². The Bertz CT molecular complexity index is 520. The van der Waals surface area contributed by atoms with Crippen molar-refractivity contribution in [3.05, 3.63) is 64.5 Å². The molecule has 0 atom stereocenters. The SMILES string of the molecule is O=[N+]([O-])c1ccc(SCCc2cc[nH+]cc2)cc1.[Cl-]. The van der Waals surface area contributed by atoms with Crippen molar-refractivity contribution in [1.82, 2.24) is 0 Å². The van der Waals surface area contributed by atoms with Crippen LogP contribution in [0.3, 0.4) is 0 Å². The topological polar surface area (TPSA) is 57.3 Å². The number of nitrogens with zero attached hydrogens (tertiary/aromatic N) is 1. The number of hydrogen-bond acceptors (Lipinski definition) is 3. The molecule has 0 unspecified atom stereocenters. The Morgan fingerprint density at radius 2 is 1.74 bits per heavy atom. The molecule has 0 bridgehead atoms. The van der Waals surface area contributed by atoms with E-state index in [2.05, 4.69) is 17.1 Å². The van der Waals surface area contributed by atoms with Crippen molar-refractivity contribution in [2.24, 2.45) is 0 Å². The lowest BCUT2D eigenvalue weighted by Crippen LogP contribution is -3.00. The summed E-state index contributed by atoms with van der Waals surface area (Å²) < 4.78 is 0. The van der Waals surface area contributed by atoms with E-state index in [-0.39, 0.29) is 23.0 Å². The smallest absolute Gasteiger partial charge is 0.269 e. The van der Waals surface area contributed by atoms with Crippen LogP contribution >= 0.6 is 11.8 Å². The molecule has 0 spiro atoms. The van der Waals surface area contributed by atoms with Crippen LogP contribution in [0.25, 0.3) is 0 Å². The van der Waals surface area contributed by atoms with E-state index in [1.54, 1.807) is 36.0 Å². The van der Waals surface area contributed by atoms with Crippen LogP contribution in [0.1, 0.15) is 5.56 Å². The van der Waals surface area contributed by atoms with Gasteiger partial charge in [-0.2, -0.15) is 0 Å². The molecule has 0 saturated carbocycles. The highest BCUT2D eigenvalue weighted by atomic mass is 35.5. The molecule has 19 heavy (non-hydrogen) atoms. The number of aryl methyl sites for hydroxylation is 1. The molecule has 0 fully saturated rings. The van der Waals surface area contributed by atoms with Crippen LogP contribution in [0.4, 0.5) is 5.69 Å². The van der Waals surface area contributed by atoms with Crippen molar-refractivity contribution in [3.63, 3.8) is 0 Å². The first-order valence-electron chi connectivity index (χ1n) is 5.58. The van der Waals surface area contributed by atoms with Gasteiger partial charge in [0.05, 0.1) is 4.92 Å². The molecule has 4 nitrogen and oxygen atoms in total. The van der Waals surface area contributed by atoms with Crippen molar-refractivity contribution in [2.75, 3.05) is 5.75 Å². The van der Waals surface area contributed by atoms with Gasteiger partial charge >= 0.3 is 0 Å². The molecule has 0 radical (unpaired) electrons. The van der Waals surface area contributed by atoms with Gasteiger partial charge in [-0.25, -0.2) is 4.98 Å². The molecule has 6 heteroatoms. The van der Waals surface area contributed by atoms with Gasteiger partial charge in [-0.1, -0.05) is 0 Å². The summed E-state index contributed by atoms with van der Waals surface area (Å²) in [7, 11) is 0. The van der Waals surface area contributed by atoms with E-state index in [4.69, 9.17) is 0 Å². The highest BCUT2D eigenvalue weighted by molar-refractivity contribution is 7.99. The Balaban J connectivity index is 0.00000180. The minimum absolute atomic E-state index is 0. The number of nitrogens with one attached hydrogen (secondary N) is 1. The number of benzene rings is 1. The van der Waals surface area contributed by atoms with Gasteiger partial charge < -0.3 is 12.4 Å². The first kappa shape index (κ1) is 15.5. The average molecular weight is 297 g/mol. The fourth-order valence-electron chi connectivity index (χ4n) is 1.54. The Labute approximate surface area is 121 Å². The molecule has 1 aromatic carbocycles. The van der Waals surface area contributed by atoms with Crippen LogP contribution in [0.5, 0.6) is 0 Å². The van der Waals surface area contributed by atoms with Gasteiger partial charge in [0.25, 0.3) is 5.69 Å². The first-order valence-corrected chi connectivity index (χ1v) is 6.56. The van der Waals surface area contributed by atoms with Crippen molar-refractivity contribution < 1.29 is 22.3 Å². The third-order valence-corrected chi connectivity index (χ3v) is 3.51. The number of rotatable bonds is 5. The van der Waals surface area contributed by atoms with Crippen molar-refractivity contribution in [3.8, 4) is 0 Å². The van der Waals surface area contributed by atoms with Gasteiger partial charge in [-0.3, -0.25) is 10.1 Å². The quantitative estimate of drug-likeness (QED) is 0.434. The van der Waals surface area contributed by atoms with Gasteiger partial charge in [0, 0.05) is 34.9 Å². The first-order chi connectivity index (χ1) is 8.75. The molecule has 100 valence electrons. The summed E-state index contributed by atoms with van der Waals surface area (Å²) >= 11 is 1.70. The maximum atomic E-state index is 10.5. The van der Waals surface area contributed by atoms with E-state index < -0.39 is 0 Å². The Kier molecular flexibility index (Phi) is 6.32.